The van der Waals surface area contributed by atoms with Gasteiger partial charge in [-0.05, 0) is 56.5 Å². The number of benzene rings is 2. The van der Waals surface area contributed by atoms with Crippen LogP contribution in [0.25, 0.3) is 39.0 Å². The van der Waals surface area contributed by atoms with Gasteiger partial charge in [0.15, 0.2) is 11.5 Å². The maximum atomic E-state index is 15.5. The summed E-state index contributed by atoms with van der Waals surface area (Å²) in [5, 5.41) is 8.77. The first kappa shape index (κ1) is 37.0. The van der Waals surface area contributed by atoms with E-state index in [0.717, 1.165) is 37.8 Å². The Balaban J connectivity index is 0.981. The van der Waals surface area contributed by atoms with Crippen LogP contribution >= 0.6 is 0 Å². The van der Waals surface area contributed by atoms with Gasteiger partial charge in [-0.3, -0.25) is 9.69 Å². The number of anilines is 3. The van der Waals surface area contributed by atoms with Crippen LogP contribution in [0.5, 0.6) is 0 Å². The topological polar surface area (TPSA) is 135 Å². The molecule has 5 fully saturated rings. The zero-order valence-electron chi connectivity index (χ0n) is 33.4. The second-order valence-corrected chi connectivity index (χ2v) is 17.2. The Kier molecular flexibility index (Phi) is 8.54. The number of likely N-dealkylation sites (tertiary alicyclic amines) is 1. The molecule has 0 aliphatic carbocycles. The molecule has 61 heavy (non-hydrogen) atoms. The van der Waals surface area contributed by atoms with E-state index in [4.69, 9.17) is 29.4 Å². The van der Waals surface area contributed by atoms with Crippen molar-refractivity contribution >= 4 is 45.6 Å². The third-order valence-corrected chi connectivity index (χ3v) is 13.4. The number of carbonyl (C=O) groups excluding carboxylic acids is 1. The van der Waals surface area contributed by atoms with Crippen LogP contribution in [0.4, 0.5) is 30.8 Å². The largest absolute Gasteiger partial charge is 0.378 e. The number of aryl methyl sites for hydroxylation is 1. The highest BCUT2D eigenvalue weighted by Crippen LogP contribution is 2.40. The number of carbonyl (C=O) groups is 1. The number of pyridine rings is 1. The lowest BCUT2D eigenvalue weighted by molar-refractivity contribution is -0.133. The molecule has 1 N–H and O–H groups in total. The number of halogens is 3. The summed E-state index contributed by atoms with van der Waals surface area (Å²) in [4.78, 5) is 44.0. The van der Waals surface area contributed by atoms with Gasteiger partial charge in [-0.1, -0.05) is 6.07 Å². The molecule has 314 valence electrons. The fourth-order valence-corrected chi connectivity index (χ4v) is 10.5. The molecule has 1 amide bonds. The predicted molar refractivity (Wildman–Crippen MR) is 219 cm³/mol. The summed E-state index contributed by atoms with van der Waals surface area (Å²) >= 11 is 0. The molecule has 10 heterocycles. The van der Waals surface area contributed by atoms with Crippen molar-refractivity contribution in [3.05, 3.63) is 78.0 Å². The van der Waals surface area contributed by atoms with Crippen molar-refractivity contribution in [3.8, 4) is 16.9 Å². The van der Waals surface area contributed by atoms with Crippen molar-refractivity contribution in [2.45, 2.75) is 69.0 Å². The van der Waals surface area contributed by atoms with Gasteiger partial charge in [0.05, 0.1) is 60.2 Å². The molecule has 12 rings (SSSR count). The summed E-state index contributed by atoms with van der Waals surface area (Å²) in [7, 11) is 0. The zero-order valence-corrected chi connectivity index (χ0v) is 33.4. The molecule has 6 aromatic rings. The molecule has 4 aromatic heterocycles. The zero-order chi connectivity index (χ0) is 41.1. The number of imidazole rings is 1. The summed E-state index contributed by atoms with van der Waals surface area (Å²) in [6, 6.07) is 11.9. The lowest BCUT2D eigenvalue weighted by Crippen LogP contribution is -2.57. The molecule has 2 aromatic carbocycles. The number of hydrogen-bond acceptors (Lipinski definition) is 12. The summed E-state index contributed by atoms with van der Waals surface area (Å²) < 4.78 is 60.3. The monoisotopic (exact) mass is 832 g/mol. The number of piperazine rings is 1. The minimum Gasteiger partial charge on any atom is -0.378 e. The van der Waals surface area contributed by atoms with E-state index in [-0.39, 0.29) is 29.8 Å². The minimum atomic E-state index is -0.776. The van der Waals surface area contributed by atoms with Gasteiger partial charge in [0.2, 0.25) is 11.9 Å². The second kappa shape index (κ2) is 14.1. The third kappa shape index (κ3) is 6.12. The van der Waals surface area contributed by atoms with Crippen LogP contribution in [0.2, 0.25) is 0 Å². The lowest BCUT2D eigenvalue weighted by Gasteiger charge is -2.42. The van der Waals surface area contributed by atoms with Gasteiger partial charge >= 0.3 is 0 Å². The number of fused-ring (bicyclic) bond motifs is 10. The molecule has 5 atom stereocenters. The van der Waals surface area contributed by atoms with Crippen LogP contribution in [-0.4, -0.2) is 139 Å². The fraction of sp³-hybridized carbons (Fsp3) is 0.442. The maximum absolute atomic E-state index is 15.5. The standard InChI is InChI=1S/C43H43F3N12O3/c1-23-48-35-12-25(45)10-31-34-4-2-5-38(50-34)49-26-13-37(42(59)53-8-3-9-61-30(19-53)20-54(23)39(31)35)57(16-26)40-32-15-47-58(36-7-6-24(44)11-33(36)46)41(32)52-43(51-40)56-18-27-14-28(56)17-55(27)29-21-60-22-29/h2,4-7,10-12,15,26-30,37H,3,8-9,13-14,16-22H2,1H3,(H,49,50)/t26-,27+,28+,30+,37-/m0/s1. The first-order valence-corrected chi connectivity index (χ1v) is 21.1. The van der Waals surface area contributed by atoms with E-state index in [1.54, 1.807) is 6.20 Å². The van der Waals surface area contributed by atoms with Gasteiger partial charge in [-0.2, -0.15) is 15.1 Å². The van der Waals surface area contributed by atoms with E-state index in [1.807, 2.05) is 39.5 Å². The Morgan fingerprint density at radius 3 is 2.57 bits per heavy atom. The molecule has 0 unspecified atom stereocenters. The highest BCUT2D eigenvalue weighted by molar-refractivity contribution is 5.94. The lowest BCUT2D eigenvalue weighted by atomic mass is 10.1. The predicted octanol–water partition coefficient (Wildman–Crippen LogP) is 4.31. The van der Waals surface area contributed by atoms with E-state index >= 15 is 13.6 Å². The molecular weight excluding hydrogens is 790 g/mol. The Morgan fingerprint density at radius 1 is 0.852 bits per heavy atom. The summed E-state index contributed by atoms with van der Waals surface area (Å²) in [6.45, 7) is 7.03. The van der Waals surface area contributed by atoms with Crippen LogP contribution in [-0.2, 0) is 20.8 Å². The average molecular weight is 833 g/mol. The van der Waals surface area contributed by atoms with E-state index in [1.165, 1.54) is 28.9 Å². The van der Waals surface area contributed by atoms with E-state index in [9.17, 15) is 4.39 Å². The molecule has 6 aliphatic rings. The van der Waals surface area contributed by atoms with E-state index in [2.05, 4.69) is 20.2 Å². The van der Waals surface area contributed by atoms with Gasteiger partial charge in [0.1, 0.15) is 40.8 Å². The average Bonchev–Trinajstić information content (AvgIpc) is 4.04. The molecule has 6 aliphatic heterocycles. The van der Waals surface area contributed by atoms with Crippen LogP contribution in [0.3, 0.4) is 0 Å². The van der Waals surface area contributed by atoms with Gasteiger partial charge in [0, 0.05) is 75.2 Å². The molecule has 18 heteroatoms. The smallest absolute Gasteiger partial charge is 0.245 e. The molecular formula is C43H43F3N12O3. The minimum absolute atomic E-state index is 0.0505. The van der Waals surface area contributed by atoms with Gasteiger partial charge in [-0.25, -0.2) is 27.8 Å². The van der Waals surface area contributed by atoms with Crippen molar-refractivity contribution in [1.29, 1.82) is 0 Å². The molecule has 8 bridgehead atoms. The van der Waals surface area contributed by atoms with Crippen LogP contribution in [0.1, 0.15) is 25.1 Å². The molecule has 0 saturated carbocycles. The number of nitrogens with zero attached hydrogens (tertiary/aromatic N) is 11. The maximum Gasteiger partial charge on any atom is 0.245 e. The second-order valence-electron chi connectivity index (χ2n) is 17.2. The Bertz CT molecular complexity index is 2740. The van der Waals surface area contributed by atoms with Crippen molar-refractivity contribution in [2.24, 2.45) is 0 Å². The number of nitrogens with one attached hydrogen (secondary N) is 1. The third-order valence-electron chi connectivity index (χ3n) is 13.4. The number of hydrogen-bond donors (Lipinski definition) is 1. The molecule has 0 spiro atoms. The molecule has 5 saturated heterocycles. The quantitative estimate of drug-likeness (QED) is 0.272. The number of aromatic nitrogens is 7. The van der Waals surface area contributed by atoms with E-state index < -0.39 is 23.5 Å². The van der Waals surface area contributed by atoms with Crippen molar-refractivity contribution in [3.63, 3.8) is 0 Å². The summed E-state index contributed by atoms with van der Waals surface area (Å²) in [6.07, 6.45) is 3.28. The number of ether oxygens (including phenoxy) is 2. The SMILES string of the molecule is Cc1nc2cc(F)cc3c2n1C[C@H]1CN(CCCO1)C(=O)[C@@H]1C[C@@H](CN1c1nc(N2C[C@H]4C[C@@H]2CN4C2COC2)nc2c1cnn2-c1ccc(F)cc1F)Nc1cccc-3n1. The van der Waals surface area contributed by atoms with Crippen molar-refractivity contribution in [1.82, 2.24) is 44.1 Å². The molecule has 15 nitrogen and oxygen atoms in total. The highest BCUT2D eigenvalue weighted by Gasteiger charge is 2.49. The van der Waals surface area contributed by atoms with Crippen LogP contribution < -0.4 is 15.1 Å². The normalized spacial score (nSPS) is 25.5. The van der Waals surface area contributed by atoms with Crippen molar-refractivity contribution < 1.29 is 27.4 Å². The Labute approximate surface area is 348 Å². The number of amides is 1. The summed E-state index contributed by atoms with van der Waals surface area (Å²) in [5.74, 6) is 0.322. The van der Waals surface area contributed by atoms with E-state index in [0.29, 0.717) is 115 Å². The van der Waals surface area contributed by atoms with Crippen LogP contribution in [0.15, 0.2) is 54.7 Å². The van der Waals surface area contributed by atoms with Crippen LogP contribution in [0, 0.1) is 24.4 Å². The Morgan fingerprint density at radius 2 is 1.75 bits per heavy atom. The highest BCUT2D eigenvalue weighted by atomic mass is 19.1. The fourth-order valence-electron chi connectivity index (χ4n) is 10.5. The van der Waals surface area contributed by atoms with Gasteiger partial charge in [0.25, 0.3) is 0 Å². The first-order valence-electron chi connectivity index (χ1n) is 21.1. The van der Waals surface area contributed by atoms with Gasteiger partial charge in [-0.15, -0.1) is 0 Å². The van der Waals surface area contributed by atoms with Crippen molar-refractivity contribution in [2.75, 3.05) is 67.7 Å². The number of rotatable bonds is 4. The first-order chi connectivity index (χ1) is 29.7. The summed E-state index contributed by atoms with van der Waals surface area (Å²) in [5.41, 5.74) is 2.90. The Hall–Kier alpha value is -5.85. The van der Waals surface area contributed by atoms with Gasteiger partial charge < -0.3 is 34.1 Å². The molecule has 0 radical (unpaired) electrons.